The third-order valence-corrected chi connectivity index (χ3v) is 6.63. The SMILES string of the molecule is CC(C)=CCC1[C@@H](O)C[C@@]2(C)CCC3(OCCO3)[C@@H](C)[C@@H]2[C@H]1O. The number of allylic oxidation sites excluding steroid dienone is 2. The molecule has 1 unspecified atom stereocenters. The average molecular weight is 324 g/mol. The zero-order valence-electron chi connectivity index (χ0n) is 14.9. The molecule has 4 nitrogen and oxygen atoms in total. The molecule has 1 saturated heterocycles. The molecule has 0 radical (unpaired) electrons. The maximum absolute atomic E-state index is 11.1. The molecule has 3 aliphatic rings. The van der Waals surface area contributed by atoms with Gasteiger partial charge in [0.05, 0.1) is 25.4 Å². The third kappa shape index (κ3) is 2.88. The van der Waals surface area contributed by atoms with Gasteiger partial charge in [-0.15, -0.1) is 0 Å². The summed E-state index contributed by atoms with van der Waals surface area (Å²) in [6.45, 7) is 9.79. The Kier molecular flexibility index (Phi) is 4.65. The van der Waals surface area contributed by atoms with E-state index in [2.05, 4.69) is 33.8 Å². The van der Waals surface area contributed by atoms with Gasteiger partial charge in [0.1, 0.15) is 0 Å². The number of ether oxygens (including phenoxy) is 2. The second-order valence-corrected chi connectivity index (χ2v) is 8.42. The van der Waals surface area contributed by atoms with Crippen LogP contribution in [0.5, 0.6) is 0 Å². The van der Waals surface area contributed by atoms with E-state index in [9.17, 15) is 10.2 Å². The highest BCUT2D eigenvalue weighted by molar-refractivity contribution is 5.08. The summed E-state index contributed by atoms with van der Waals surface area (Å²) < 4.78 is 12.0. The molecule has 0 aromatic heterocycles. The van der Waals surface area contributed by atoms with Crippen molar-refractivity contribution in [2.45, 2.75) is 71.4 Å². The van der Waals surface area contributed by atoms with Gasteiger partial charge in [0.25, 0.3) is 0 Å². The first-order valence-corrected chi connectivity index (χ1v) is 9.06. The highest BCUT2D eigenvalue weighted by Crippen LogP contribution is 2.58. The molecule has 2 aliphatic carbocycles. The lowest BCUT2D eigenvalue weighted by molar-refractivity contribution is -0.272. The molecule has 1 aliphatic heterocycles. The summed E-state index contributed by atoms with van der Waals surface area (Å²) in [6, 6.07) is 0. The predicted molar refractivity (Wildman–Crippen MR) is 88.8 cm³/mol. The molecule has 2 N–H and O–H groups in total. The zero-order chi connectivity index (χ0) is 16.8. The van der Waals surface area contributed by atoms with E-state index in [-0.39, 0.29) is 23.2 Å². The van der Waals surface area contributed by atoms with Crippen LogP contribution in [-0.4, -0.2) is 41.4 Å². The highest BCUT2D eigenvalue weighted by Gasteiger charge is 2.60. The van der Waals surface area contributed by atoms with Crippen molar-refractivity contribution in [3.05, 3.63) is 11.6 Å². The predicted octanol–water partition coefficient (Wildman–Crippen LogP) is 2.88. The Bertz CT molecular complexity index is 464. The first-order valence-electron chi connectivity index (χ1n) is 9.06. The van der Waals surface area contributed by atoms with Crippen molar-refractivity contribution in [1.82, 2.24) is 0 Å². The minimum atomic E-state index is -0.519. The Morgan fingerprint density at radius 2 is 1.83 bits per heavy atom. The highest BCUT2D eigenvalue weighted by atomic mass is 16.7. The molecule has 0 aromatic rings. The van der Waals surface area contributed by atoms with Crippen LogP contribution in [0.4, 0.5) is 0 Å². The van der Waals surface area contributed by atoms with Crippen molar-refractivity contribution in [2.75, 3.05) is 13.2 Å². The minimum Gasteiger partial charge on any atom is -0.393 e. The van der Waals surface area contributed by atoms with Crippen LogP contribution >= 0.6 is 0 Å². The summed E-state index contributed by atoms with van der Waals surface area (Å²) in [5.41, 5.74) is 1.19. The molecule has 1 spiro atoms. The Labute approximate surface area is 139 Å². The van der Waals surface area contributed by atoms with Crippen molar-refractivity contribution in [1.29, 1.82) is 0 Å². The van der Waals surface area contributed by atoms with Crippen LogP contribution in [0, 0.1) is 23.2 Å². The van der Waals surface area contributed by atoms with E-state index < -0.39 is 18.0 Å². The van der Waals surface area contributed by atoms with Gasteiger partial charge < -0.3 is 19.7 Å². The number of rotatable bonds is 2. The normalized spacial score (nSPS) is 45.7. The topological polar surface area (TPSA) is 58.9 Å². The van der Waals surface area contributed by atoms with Crippen molar-refractivity contribution in [3.8, 4) is 0 Å². The molecule has 23 heavy (non-hydrogen) atoms. The van der Waals surface area contributed by atoms with E-state index in [4.69, 9.17) is 9.47 Å². The zero-order valence-corrected chi connectivity index (χ0v) is 14.9. The molecule has 132 valence electrons. The van der Waals surface area contributed by atoms with Crippen LogP contribution in [0.3, 0.4) is 0 Å². The lowest BCUT2D eigenvalue weighted by atomic mass is 9.51. The Morgan fingerprint density at radius 3 is 2.43 bits per heavy atom. The molecule has 6 atom stereocenters. The van der Waals surface area contributed by atoms with Gasteiger partial charge in [0.2, 0.25) is 0 Å². The Balaban J connectivity index is 1.86. The van der Waals surface area contributed by atoms with E-state index in [1.165, 1.54) is 5.57 Å². The smallest absolute Gasteiger partial charge is 0.171 e. The second kappa shape index (κ2) is 6.14. The van der Waals surface area contributed by atoms with Crippen LogP contribution in [0.15, 0.2) is 11.6 Å². The first-order chi connectivity index (χ1) is 10.8. The second-order valence-electron chi connectivity index (χ2n) is 8.42. The van der Waals surface area contributed by atoms with Crippen molar-refractivity contribution in [3.63, 3.8) is 0 Å². The Morgan fingerprint density at radius 1 is 1.17 bits per heavy atom. The standard InChI is InChI=1S/C19H32O4/c1-12(2)5-6-14-15(20)11-18(4)7-8-19(22-9-10-23-19)13(3)16(18)17(14)21/h5,13-17,20-21H,6-11H2,1-4H3/t13-,14?,15-,16+,17-,18+/m0/s1. The van der Waals surface area contributed by atoms with Crippen LogP contribution < -0.4 is 0 Å². The summed E-state index contributed by atoms with van der Waals surface area (Å²) in [7, 11) is 0. The Hall–Kier alpha value is -0.420. The largest absolute Gasteiger partial charge is 0.393 e. The summed E-state index contributed by atoms with van der Waals surface area (Å²) in [5.74, 6) is -0.370. The number of aliphatic hydroxyl groups is 2. The molecule has 4 heteroatoms. The molecular formula is C19H32O4. The van der Waals surface area contributed by atoms with Crippen molar-refractivity contribution < 1.29 is 19.7 Å². The van der Waals surface area contributed by atoms with Crippen LogP contribution in [0.1, 0.15) is 53.4 Å². The van der Waals surface area contributed by atoms with Gasteiger partial charge in [-0.05, 0) is 44.4 Å². The van der Waals surface area contributed by atoms with Crippen molar-refractivity contribution >= 4 is 0 Å². The van der Waals surface area contributed by atoms with E-state index in [1.54, 1.807) is 0 Å². The molecule has 0 aromatic carbocycles. The first kappa shape index (κ1) is 17.4. The maximum Gasteiger partial charge on any atom is 0.171 e. The quantitative estimate of drug-likeness (QED) is 0.767. The third-order valence-electron chi connectivity index (χ3n) is 6.63. The fourth-order valence-corrected chi connectivity index (χ4v) is 5.35. The number of aliphatic hydroxyl groups excluding tert-OH is 2. The van der Waals surface area contributed by atoms with E-state index in [1.807, 2.05) is 0 Å². The number of fused-ring (bicyclic) bond motifs is 1. The molecule has 3 rings (SSSR count). The molecule has 3 fully saturated rings. The molecule has 0 amide bonds. The van der Waals surface area contributed by atoms with Gasteiger partial charge in [-0.1, -0.05) is 25.5 Å². The fraction of sp³-hybridized carbons (Fsp3) is 0.895. The number of hydrogen-bond donors (Lipinski definition) is 2. The van der Waals surface area contributed by atoms with Crippen LogP contribution in [0.2, 0.25) is 0 Å². The van der Waals surface area contributed by atoms with E-state index >= 15 is 0 Å². The minimum absolute atomic E-state index is 0.0414. The van der Waals surface area contributed by atoms with Gasteiger partial charge in [-0.2, -0.15) is 0 Å². The van der Waals surface area contributed by atoms with Crippen LogP contribution in [-0.2, 0) is 9.47 Å². The van der Waals surface area contributed by atoms with Gasteiger partial charge in [0, 0.05) is 18.3 Å². The van der Waals surface area contributed by atoms with E-state index in [0.717, 1.165) is 25.7 Å². The summed E-state index contributed by atoms with van der Waals surface area (Å²) in [5, 5.41) is 21.8. The number of hydrogen-bond acceptors (Lipinski definition) is 4. The molecule has 2 saturated carbocycles. The average Bonchev–Trinajstić information content (AvgIpc) is 2.93. The van der Waals surface area contributed by atoms with Gasteiger partial charge >= 0.3 is 0 Å². The van der Waals surface area contributed by atoms with E-state index in [0.29, 0.717) is 13.2 Å². The fourth-order valence-electron chi connectivity index (χ4n) is 5.35. The summed E-state index contributed by atoms with van der Waals surface area (Å²) >= 11 is 0. The van der Waals surface area contributed by atoms with Gasteiger partial charge in [-0.3, -0.25) is 0 Å². The maximum atomic E-state index is 11.1. The lowest BCUT2D eigenvalue weighted by Gasteiger charge is -2.58. The molecular weight excluding hydrogens is 292 g/mol. The summed E-state index contributed by atoms with van der Waals surface area (Å²) in [4.78, 5) is 0. The van der Waals surface area contributed by atoms with Crippen LogP contribution in [0.25, 0.3) is 0 Å². The van der Waals surface area contributed by atoms with Gasteiger partial charge in [-0.25, -0.2) is 0 Å². The van der Waals surface area contributed by atoms with Gasteiger partial charge in [0.15, 0.2) is 5.79 Å². The summed E-state index contributed by atoms with van der Waals surface area (Å²) in [6.07, 6.45) is 4.47. The molecule has 1 heterocycles. The van der Waals surface area contributed by atoms with Crippen molar-refractivity contribution in [2.24, 2.45) is 23.2 Å². The molecule has 0 bridgehead atoms. The lowest BCUT2D eigenvalue weighted by Crippen LogP contribution is -2.61. The monoisotopic (exact) mass is 324 g/mol.